The number of carbonyl (C=O) groups excluding carboxylic acids is 2. The number of hydroxylamine groups is 2. The molecule has 180 valence electrons. The molecule has 32 heavy (non-hydrogen) atoms. The van der Waals surface area contributed by atoms with Gasteiger partial charge in [0.2, 0.25) is 24.2 Å². The third kappa shape index (κ3) is 8.19. The van der Waals surface area contributed by atoms with Gasteiger partial charge in [-0.05, 0) is 19.4 Å². The summed E-state index contributed by atoms with van der Waals surface area (Å²) in [6, 6.07) is 0. The summed E-state index contributed by atoms with van der Waals surface area (Å²) >= 11 is 0. The van der Waals surface area contributed by atoms with Crippen LogP contribution >= 0.6 is 0 Å². The molecule has 0 radical (unpaired) electrons. The van der Waals surface area contributed by atoms with Crippen molar-refractivity contribution >= 4 is 24.2 Å². The second-order valence-corrected chi connectivity index (χ2v) is 8.09. The van der Waals surface area contributed by atoms with E-state index in [1.807, 2.05) is 6.92 Å². The molecule has 0 saturated carbocycles. The van der Waals surface area contributed by atoms with Crippen LogP contribution in [0.25, 0.3) is 0 Å². The normalized spacial score (nSPS) is 15.3. The highest BCUT2D eigenvalue weighted by Gasteiger charge is 2.22. The first-order chi connectivity index (χ1) is 15.5. The Labute approximate surface area is 190 Å². The monoisotopic (exact) mass is 450 g/mol. The van der Waals surface area contributed by atoms with Crippen molar-refractivity contribution in [3.63, 3.8) is 0 Å². The lowest BCUT2D eigenvalue weighted by atomic mass is 10.0. The molecule has 0 aromatic carbocycles. The highest BCUT2D eigenvalue weighted by molar-refractivity contribution is 5.80. The molecule has 11 nitrogen and oxygen atoms in total. The Bertz CT molecular complexity index is 712. The second-order valence-electron chi connectivity index (χ2n) is 8.09. The largest absolute Gasteiger partial charge is 0.338 e. The molecular weight excluding hydrogens is 412 g/mol. The predicted molar refractivity (Wildman–Crippen MR) is 122 cm³/mol. The van der Waals surface area contributed by atoms with E-state index in [1.54, 1.807) is 0 Å². The van der Waals surface area contributed by atoms with Crippen LogP contribution in [-0.4, -0.2) is 81.7 Å². The summed E-state index contributed by atoms with van der Waals surface area (Å²) in [7, 11) is 0. The van der Waals surface area contributed by atoms with Gasteiger partial charge in [-0.2, -0.15) is 15.0 Å². The molecule has 1 fully saturated rings. The van der Waals surface area contributed by atoms with Crippen LogP contribution in [-0.2, 0) is 16.0 Å². The summed E-state index contributed by atoms with van der Waals surface area (Å²) in [5.74, 6) is 0.661. The molecule has 1 aliphatic heterocycles. The first-order valence-electron chi connectivity index (χ1n) is 11.7. The number of amides is 2. The van der Waals surface area contributed by atoms with Gasteiger partial charge in [-0.3, -0.25) is 30.5 Å². The number of aryl methyl sites for hydroxylation is 1. The van der Waals surface area contributed by atoms with Gasteiger partial charge in [0.05, 0.1) is 12.5 Å². The smallest absolute Gasteiger partial charge is 0.246 e. The van der Waals surface area contributed by atoms with Crippen molar-refractivity contribution in [2.75, 3.05) is 49.6 Å². The molecule has 0 aliphatic carbocycles. The van der Waals surface area contributed by atoms with Gasteiger partial charge in [0.15, 0.2) is 0 Å². The molecule has 0 bridgehead atoms. The molecule has 0 unspecified atom stereocenters. The number of anilines is 2. The molecule has 1 aliphatic rings. The van der Waals surface area contributed by atoms with Gasteiger partial charge in [-0.25, -0.2) is 5.06 Å². The predicted octanol–water partition coefficient (Wildman–Crippen LogP) is 1.45. The number of hydrogen-bond acceptors (Lipinski definition) is 9. The summed E-state index contributed by atoms with van der Waals surface area (Å²) in [5.41, 5.74) is 5.44. The fourth-order valence-electron chi connectivity index (χ4n) is 3.68. The van der Waals surface area contributed by atoms with Crippen LogP contribution in [0.15, 0.2) is 0 Å². The molecule has 2 heterocycles. The van der Waals surface area contributed by atoms with E-state index in [4.69, 9.17) is 0 Å². The highest BCUT2D eigenvalue weighted by Crippen LogP contribution is 2.15. The SMILES string of the molecule is CCCCC[C@@H](CN(O)C=O)C(=O)NNc1nc(CC)nc(N2CCN(CCC)CC2)n1. The Kier molecular flexibility index (Phi) is 11.1. The summed E-state index contributed by atoms with van der Waals surface area (Å²) in [5, 5.41) is 10.0. The zero-order valence-electron chi connectivity index (χ0n) is 19.6. The van der Waals surface area contributed by atoms with Crippen LogP contribution < -0.4 is 15.8 Å². The number of piperazine rings is 1. The quantitative estimate of drug-likeness (QED) is 0.167. The molecule has 0 spiro atoms. The first-order valence-corrected chi connectivity index (χ1v) is 11.7. The Morgan fingerprint density at radius 2 is 1.88 bits per heavy atom. The molecule has 1 atom stereocenters. The number of rotatable bonds is 14. The van der Waals surface area contributed by atoms with Crippen LogP contribution in [0.3, 0.4) is 0 Å². The van der Waals surface area contributed by atoms with E-state index in [9.17, 15) is 14.8 Å². The highest BCUT2D eigenvalue weighted by atomic mass is 16.5. The number of hydrogen-bond donors (Lipinski definition) is 3. The number of nitrogens with zero attached hydrogens (tertiary/aromatic N) is 6. The standard InChI is InChI=1S/C21H38N8O3/c1-4-7-8-9-17(15-29(32)16-30)19(31)25-26-20-22-18(6-3)23-21(24-20)28-13-11-27(10-5-2)12-14-28/h16-17,32H,4-15H2,1-3H3,(H,25,31)(H,22,23,24,26)/t17-/m0/s1. The minimum absolute atomic E-state index is 0.0641. The lowest BCUT2D eigenvalue weighted by molar-refractivity contribution is -0.154. The van der Waals surface area contributed by atoms with Gasteiger partial charge in [-0.1, -0.05) is 40.0 Å². The second kappa shape index (κ2) is 13.8. The van der Waals surface area contributed by atoms with E-state index in [2.05, 4.69) is 49.5 Å². The maximum atomic E-state index is 12.7. The Hall–Kier alpha value is -2.53. The Morgan fingerprint density at radius 3 is 2.50 bits per heavy atom. The summed E-state index contributed by atoms with van der Waals surface area (Å²) in [6.45, 7) is 10.9. The molecular formula is C21H38N8O3. The van der Waals surface area contributed by atoms with Crippen LogP contribution in [0.1, 0.15) is 58.7 Å². The molecule has 2 amide bonds. The van der Waals surface area contributed by atoms with Gasteiger partial charge < -0.3 is 4.90 Å². The van der Waals surface area contributed by atoms with Crippen molar-refractivity contribution < 1.29 is 14.8 Å². The van der Waals surface area contributed by atoms with Crippen LogP contribution in [0.2, 0.25) is 0 Å². The van der Waals surface area contributed by atoms with E-state index >= 15 is 0 Å². The van der Waals surface area contributed by atoms with Crippen LogP contribution in [0, 0.1) is 5.92 Å². The molecule has 1 aromatic heterocycles. The maximum Gasteiger partial charge on any atom is 0.246 e. The number of nitrogens with one attached hydrogen (secondary N) is 2. The fourth-order valence-corrected chi connectivity index (χ4v) is 3.68. The molecule has 3 N–H and O–H groups in total. The van der Waals surface area contributed by atoms with Crippen molar-refractivity contribution in [2.24, 2.45) is 5.92 Å². The average molecular weight is 451 g/mol. The van der Waals surface area contributed by atoms with Gasteiger partial charge in [0, 0.05) is 32.6 Å². The maximum absolute atomic E-state index is 12.7. The van der Waals surface area contributed by atoms with Gasteiger partial charge >= 0.3 is 0 Å². The lowest BCUT2D eigenvalue weighted by Gasteiger charge is -2.34. The summed E-state index contributed by atoms with van der Waals surface area (Å²) in [6.07, 6.45) is 5.49. The number of unbranched alkanes of at least 4 members (excludes halogenated alkanes) is 2. The van der Waals surface area contributed by atoms with E-state index < -0.39 is 5.92 Å². The van der Waals surface area contributed by atoms with Crippen molar-refractivity contribution in [1.82, 2.24) is 30.3 Å². The molecule has 11 heteroatoms. The van der Waals surface area contributed by atoms with E-state index in [1.165, 1.54) is 0 Å². The van der Waals surface area contributed by atoms with Crippen molar-refractivity contribution in [3.05, 3.63) is 5.82 Å². The fraction of sp³-hybridized carbons (Fsp3) is 0.762. The number of aromatic nitrogens is 3. The summed E-state index contributed by atoms with van der Waals surface area (Å²) < 4.78 is 0. The third-order valence-electron chi connectivity index (χ3n) is 5.53. The zero-order chi connectivity index (χ0) is 23.3. The van der Waals surface area contributed by atoms with Gasteiger partial charge in [-0.15, -0.1) is 0 Å². The van der Waals surface area contributed by atoms with Crippen LogP contribution in [0.4, 0.5) is 11.9 Å². The van der Waals surface area contributed by atoms with E-state index in [0.717, 1.165) is 58.4 Å². The van der Waals surface area contributed by atoms with Crippen molar-refractivity contribution in [3.8, 4) is 0 Å². The Morgan fingerprint density at radius 1 is 1.12 bits per heavy atom. The zero-order valence-corrected chi connectivity index (χ0v) is 19.6. The summed E-state index contributed by atoms with van der Waals surface area (Å²) in [4.78, 5) is 41.5. The average Bonchev–Trinajstić information content (AvgIpc) is 2.82. The lowest BCUT2D eigenvalue weighted by Crippen LogP contribution is -2.47. The van der Waals surface area contributed by atoms with Crippen molar-refractivity contribution in [2.45, 2.75) is 59.3 Å². The van der Waals surface area contributed by atoms with Crippen LogP contribution in [0.5, 0.6) is 0 Å². The van der Waals surface area contributed by atoms with E-state index in [0.29, 0.717) is 36.1 Å². The number of hydrazine groups is 1. The molecule has 1 aromatic rings. The topological polar surface area (TPSA) is 127 Å². The van der Waals surface area contributed by atoms with Gasteiger partial charge in [0.1, 0.15) is 5.82 Å². The molecule has 2 rings (SSSR count). The van der Waals surface area contributed by atoms with Crippen molar-refractivity contribution in [1.29, 1.82) is 0 Å². The Balaban J connectivity index is 2.01. The molecule has 1 saturated heterocycles. The van der Waals surface area contributed by atoms with E-state index in [-0.39, 0.29) is 18.4 Å². The first kappa shape index (κ1) is 25.7. The minimum atomic E-state index is -0.539. The minimum Gasteiger partial charge on any atom is -0.338 e. The van der Waals surface area contributed by atoms with Gasteiger partial charge in [0.25, 0.3) is 0 Å². The third-order valence-corrected chi connectivity index (χ3v) is 5.53. The number of carbonyl (C=O) groups is 2.